The van der Waals surface area contributed by atoms with Crippen molar-refractivity contribution in [2.45, 2.75) is 12.8 Å². The molecule has 3 nitrogen and oxygen atoms in total. The highest BCUT2D eigenvalue weighted by molar-refractivity contribution is 6.37. The molecule has 0 heterocycles. The molecule has 0 aromatic heterocycles. The molecule has 0 aliphatic rings. The molecule has 0 aliphatic heterocycles. The molecule has 0 spiro atoms. The number of para-hydroxylation sites is 1. The smallest absolute Gasteiger partial charge is 0.156 e. The second-order valence-corrected chi connectivity index (χ2v) is 3.84. The molecule has 82 valence electrons. The highest BCUT2D eigenvalue weighted by Crippen LogP contribution is 2.32. The van der Waals surface area contributed by atoms with Crippen LogP contribution in [0.15, 0.2) is 18.2 Å². The first-order chi connectivity index (χ1) is 7.11. The Hall–Kier alpha value is -0.930. The molecule has 0 unspecified atom stereocenters. The van der Waals surface area contributed by atoms with Crippen molar-refractivity contribution in [3.63, 3.8) is 0 Å². The third kappa shape index (κ3) is 3.98. The Kier molecular flexibility index (Phi) is 4.72. The standard InChI is InChI=1S/C10H12Cl2N2O/c11-7-3-1-4-8(12)10(7)15-6-2-5-9(13)14/h1,3-4H,2,5-6H2,(H3,13,14). The fourth-order valence-corrected chi connectivity index (χ4v) is 1.56. The molecule has 0 aliphatic carbocycles. The van der Waals surface area contributed by atoms with Gasteiger partial charge in [0.1, 0.15) is 0 Å². The van der Waals surface area contributed by atoms with Crippen molar-refractivity contribution in [2.75, 3.05) is 6.61 Å². The molecule has 3 N–H and O–H groups in total. The van der Waals surface area contributed by atoms with Crippen molar-refractivity contribution in [1.29, 1.82) is 5.41 Å². The number of hydrogen-bond acceptors (Lipinski definition) is 2. The van der Waals surface area contributed by atoms with Crippen LogP contribution in [0.5, 0.6) is 5.75 Å². The van der Waals surface area contributed by atoms with E-state index in [1.54, 1.807) is 18.2 Å². The normalized spacial score (nSPS) is 10.0. The average molecular weight is 247 g/mol. The minimum Gasteiger partial charge on any atom is -0.490 e. The third-order valence-corrected chi connectivity index (χ3v) is 2.35. The first-order valence-corrected chi connectivity index (χ1v) is 5.26. The van der Waals surface area contributed by atoms with E-state index in [0.29, 0.717) is 35.2 Å². The van der Waals surface area contributed by atoms with Crippen LogP contribution in [0.2, 0.25) is 10.0 Å². The second kappa shape index (κ2) is 5.83. The van der Waals surface area contributed by atoms with Gasteiger partial charge in [-0.1, -0.05) is 29.3 Å². The summed E-state index contributed by atoms with van der Waals surface area (Å²) in [5.41, 5.74) is 5.21. The van der Waals surface area contributed by atoms with Crippen LogP contribution in [0.25, 0.3) is 0 Å². The lowest BCUT2D eigenvalue weighted by atomic mass is 10.3. The summed E-state index contributed by atoms with van der Waals surface area (Å²) in [6.07, 6.45) is 1.19. The van der Waals surface area contributed by atoms with Gasteiger partial charge in [0.25, 0.3) is 0 Å². The Morgan fingerprint density at radius 3 is 2.47 bits per heavy atom. The number of nitrogens with one attached hydrogen (secondary N) is 1. The maximum atomic E-state index is 7.03. The van der Waals surface area contributed by atoms with Crippen LogP contribution < -0.4 is 10.5 Å². The van der Waals surface area contributed by atoms with Crippen LogP contribution in [0.3, 0.4) is 0 Å². The van der Waals surface area contributed by atoms with Gasteiger partial charge in [0.15, 0.2) is 5.75 Å². The van der Waals surface area contributed by atoms with Crippen molar-refractivity contribution >= 4 is 29.0 Å². The van der Waals surface area contributed by atoms with Gasteiger partial charge in [-0.15, -0.1) is 0 Å². The monoisotopic (exact) mass is 246 g/mol. The lowest BCUT2D eigenvalue weighted by Crippen LogP contribution is -2.11. The van der Waals surface area contributed by atoms with Gasteiger partial charge < -0.3 is 10.5 Å². The van der Waals surface area contributed by atoms with Gasteiger partial charge in [-0.25, -0.2) is 0 Å². The Labute approximate surface area is 98.6 Å². The third-order valence-electron chi connectivity index (χ3n) is 1.76. The summed E-state index contributed by atoms with van der Waals surface area (Å²) >= 11 is 11.8. The summed E-state index contributed by atoms with van der Waals surface area (Å²) in [6.45, 7) is 0.447. The van der Waals surface area contributed by atoms with E-state index in [9.17, 15) is 0 Å². The van der Waals surface area contributed by atoms with Crippen molar-refractivity contribution < 1.29 is 4.74 Å². The van der Waals surface area contributed by atoms with E-state index >= 15 is 0 Å². The van der Waals surface area contributed by atoms with Gasteiger partial charge in [-0.3, -0.25) is 5.41 Å². The largest absolute Gasteiger partial charge is 0.490 e. The van der Waals surface area contributed by atoms with Gasteiger partial charge >= 0.3 is 0 Å². The van der Waals surface area contributed by atoms with Gasteiger partial charge in [0.2, 0.25) is 0 Å². The maximum absolute atomic E-state index is 7.03. The first-order valence-electron chi connectivity index (χ1n) is 4.51. The SMILES string of the molecule is N=C(N)CCCOc1c(Cl)cccc1Cl. The number of ether oxygens (including phenoxy) is 1. The summed E-state index contributed by atoms with van der Waals surface area (Å²) in [4.78, 5) is 0. The molecule has 1 aromatic rings. The first kappa shape index (κ1) is 12.1. The molecule has 0 bridgehead atoms. The predicted molar refractivity (Wildman–Crippen MR) is 63.1 cm³/mol. The van der Waals surface area contributed by atoms with Crippen molar-refractivity contribution in [2.24, 2.45) is 5.73 Å². The van der Waals surface area contributed by atoms with Crippen molar-refractivity contribution in [3.05, 3.63) is 28.2 Å². The summed E-state index contributed by atoms with van der Waals surface area (Å²) in [5.74, 6) is 0.647. The van der Waals surface area contributed by atoms with Gasteiger partial charge in [-0.05, 0) is 18.6 Å². The Balaban J connectivity index is 2.47. The van der Waals surface area contributed by atoms with E-state index in [-0.39, 0.29) is 5.84 Å². The lowest BCUT2D eigenvalue weighted by molar-refractivity contribution is 0.314. The van der Waals surface area contributed by atoms with Crippen LogP contribution in [-0.4, -0.2) is 12.4 Å². The summed E-state index contributed by atoms with van der Waals surface area (Å²) < 4.78 is 5.40. The average Bonchev–Trinajstić information content (AvgIpc) is 2.15. The lowest BCUT2D eigenvalue weighted by Gasteiger charge is -2.08. The molecule has 0 saturated heterocycles. The van der Waals surface area contributed by atoms with E-state index in [1.807, 2.05) is 0 Å². The highest BCUT2D eigenvalue weighted by atomic mass is 35.5. The molecule has 1 aromatic carbocycles. The van der Waals surface area contributed by atoms with Gasteiger partial charge in [0.05, 0.1) is 22.5 Å². The zero-order valence-electron chi connectivity index (χ0n) is 8.09. The number of amidine groups is 1. The van der Waals surface area contributed by atoms with E-state index < -0.39 is 0 Å². The molecule has 0 amide bonds. The zero-order chi connectivity index (χ0) is 11.3. The molecule has 15 heavy (non-hydrogen) atoms. The van der Waals surface area contributed by atoms with E-state index in [2.05, 4.69) is 0 Å². The predicted octanol–water partition coefficient (Wildman–Crippen LogP) is 3.09. The number of nitrogens with two attached hydrogens (primary N) is 1. The van der Waals surface area contributed by atoms with Crippen molar-refractivity contribution in [1.82, 2.24) is 0 Å². The fourth-order valence-electron chi connectivity index (χ4n) is 1.06. The van der Waals surface area contributed by atoms with Gasteiger partial charge in [-0.2, -0.15) is 0 Å². The minimum absolute atomic E-state index is 0.156. The summed E-state index contributed by atoms with van der Waals surface area (Å²) in [7, 11) is 0. The molecular weight excluding hydrogens is 235 g/mol. The number of benzene rings is 1. The van der Waals surface area contributed by atoms with Crippen LogP contribution in [0.1, 0.15) is 12.8 Å². The van der Waals surface area contributed by atoms with Crippen LogP contribution >= 0.6 is 23.2 Å². The maximum Gasteiger partial charge on any atom is 0.156 e. The number of halogens is 2. The Morgan fingerprint density at radius 2 is 1.93 bits per heavy atom. The van der Waals surface area contributed by atoms with E-state index in [4.69, 9.17) is 39.1 Å². The van der Waals surface area contributed by atoms with Crippen LogP contribution in [0.4, 0.5) is 0 Å². The van der Waals surface area contributed by atoms with Gasteiger partial charge in [0, 0.05) is 6.42 Å². The van der Waals surface area contributed by atoms with E-state index in [1.165, 1.54) is 0 Å². The second-order valence-electron chi connectivity index (χ2n) is 3.03. The molecule has 0 atom stereocenters. The quantitative estimate of drug-likeness (QED) is 0.477. The molecular formula is C10H12Cl2N2O. The zero-order valence-corrected chi connectivity index (χ0v) is 9.61. The molecule has 5 heteroatoms. The number of rotatable bonds is 5. The molecule has 0 saturated carbocycles. The van der Waals surface area contributed by atoms with Crippen LogP contribution in [0, 0.1) is 5.41 Å². The van der Waals surface area contributed by atoms with E-state index in [0.717, 1.165) is 0 Å². The topological polar surface area (TPSA) is 59.1 Å². The summed E-state index contributed by atoms with van der Waals surface area (Å²) in [6, 6.07) is 5.19. The molecule has 1 rings (SSSR count). The Morgan fingerprint density at radius 1 is 1.33 bits per heavy atom. The Bertz CT molecular complexity index is 335. The molecule has 0 radical (unpaired) electrons. The fraction of sp³-hybridized carbons (Fsp3) is 0.300. The summed E-state index contributed by atoms with van der Waals surface area (Å²) in [5, 5.41) is 8.01. The molecule has 0 fully saturated rings. The minimum atomic E-state index is 0.156. The van der Waals surface area contributed by atoms with Crippen LogP contribution in [-0.2, 0) is 0 Å². The number of hydrogen-bond donors (Lipinski definition) is 2. The van der Waals surface area contributed by atoms with Crippen molar-refractivity contribution in [3.8, 4) is 5.75 Å². The highest BCUT2D eigenvalue weighted by Gasteiger charge is 2.05.